The molecule has 0 aliphatic heterocycles. The number of aryl methyl sites for hydroxylation is 1. The van der Waals surface area contributed by atoms with Crippen LogP contribution in [0, 0.1) is 6.92 Å². The highest BCUT2D eigenvalue weighted by Crippen LogP contribution is 2.29. The summed E-state index contributed by atoms with van der Waals surface area (Å²) in [5, 5.41) is 0. The first-order chi connectivity index (χ1) is 8.31. The topological polar surface area (TPSA) is 35.2 Å². The van der Waals surface area contributed by atoms with Crippen LogP contribution < -0.4 is 10.5 Å². The third-order valence-electron chi connectivity index (χ3n) is 3.30. The maximum atomic E-state index is 6.09. The van der Waals surface area contributed by atoms with Crippen LogP contribution in [0.1, 0.15) is 36.8 Å². The van der Waals surface area contributed by atoms with Crippen molar-refractivity contribution in [3.63, 3.8) is 0 Å². The quantitative estimate of drug-likeness (QED) is 0.863. The lowest BCUT2D eigenvalue weighted by molar-refractivity contribution is 0.209. The molecule has 0 saturated heterocycles. The van der Waals surface area contributed by atoms with Gasteiger partial charge in [-0.05, 0) is 44.2 Å². The number of hydrogen-bond acceptors (Lipinski definition) is 2. The Bertz CT molecular complexity index is 392. The van der Waals surface area contributed by atoms with Crippen molar-refractivity contribution in [1.82, 2.24) is 0 Å². The van der Waals surface area contributed by atoms with E-state index >= 15 is 0 Å². The number of nitrogens with two attached hydrogens (primary N) is 1. The number of ether oxygens (including phenoxy) is 1. The van der Waals surface area contributed by atoms with E-state index in [1.54, 1.807) is 0 Å². The molecule has 0 radical (unpaired) electrons. The molecule has 1 aliphatic rings. The number of benzene rings is 1. The molecular formula is C15H21NO. The molecule has 0 unspecified atom stereocenters. The summed E-state index contributed by atoms with van der Waals surface area (Å²) in [5.41, 5.74) is 7.92. The van der Waals surface area contributed by atoms with Crippen LogP contribution in [0.15, 0.2) is 24.3 Å². The Morgan fingerprint density at radius 1 is 1.35 bits per heavy atom. The van der Waals surface area contributed by atoms with Gasteiger partial charge in [0.15, 0.2) is 0 Å². The van der Waals surface area contributed by atoms with Gasteiger partial charge in [-0.25, -0.2) is 0 Å². The Morgan fingerprint density at radius 3 is 2.82 bits per heavy atom. The normalized spacial score (nSPS) is 16.8. The maximum absolute atomic E-state index is 6.09. The molecule has 2 rings (SSSR count). The fourth-order valence-corrected chi connectivity index (χ4v) is 2.34. The predicted molar refractivity (Wildman–Crippen MR) is 72.2 cm³/mol. The molecule has 1 aromatic rings. The van der Waals surface area contributed by atoms with Crippen LogP contribution in [-0.4, -0.2) is 12.6 Å². The lowest BCUT2D eigenvalue weighted by Crippen LogP contribution is -2.11. The summed E-state index contributed by atoms with van der Waals surface area (Å²) in [5.74, 6) is 1.00. The van der Waals surface area contributed by atoms with Crippen molar-refractivity contribution in [3.8, 4) is 5.75 Å². The predicted octanol–water partition coefficient (Wildman–Crippen LogP) is 3.29. The van der Waals surface area contributed by atoms with E-state index in [-0.39, 0.29) is 0 Å². The van der Waals surface area contributed by atoms with Crippen LogP contribution in [-0.2, 0) is 0 Å². The molecular weight excluding hydrogens is 210 g/mol. The van der Waals surface area contributed by atoms with Crippen molar-refractivity contribution >= 4 is 6.08 Å². The second-order valence-electron chi connectivity index (χ2n) is 4.65. The van der Waals surface area contributed by atoms with E-state index in [0.717, 1.165) is 5.75 Å². The first-order valence-electron chi connectivity index (χ1n) is 6.44. The maximum Gasteiger partial charge on any atom is 0.127 e. The molecule has 17 heavy (non-hydrogen) atoms. The third kappa shape index (κ3) is 3.10. The van der Waals surface area contributed by atoms with Gasteiger partial charge in [0.1, 0.15) is 5.75 Å². The summed E-state index contributed by atoms with van der Waals surface area (Å²) in [6, 6.07) is 6.22. The third-order valence-corrected chi connectivity index (χ3v) is 3.30. The minimum Gasteiger partial charge on any atom is -0.490 e. The first-order valence-corrected chi connectivity index (χ1v) is 6.44. The molecule has 92 valence electrons. The number of hydrogen-bond donors (Lipinski definition) is 1. The summed E-state index contributed by atoms with van der Waals surface area (Å²) < 4.78 is 6.09. The van der Waals surface area contributed by atoms with Crippen LogP contribution in [0.5, 0.6) is 5.75 Å². The monoisotopic (exact) mass is 231 g/mol. The molecule has 0 heterocycles. The summed E-state index contributed by atoms with van der Waals surface area (Å²) >= 11 is 0. The summed E-state index contributed by atoms with van der Waals surface area (Å²) in [7, 11) is 0. The molecule has 0 atom stereocenters. The smallest absolute Gasteiger partial charge is 0.127 e. The first kappa shape index (κ1) is 12.2. The van der Waals surface area contributed by atoms with E-state index in [1.807, 2.05) is 6.08 Å². The Hall–Kier alpha value is -1.28. The zero-order valence-corrected chi connectivity index (χ0v) is 10.5. The van der Waals surface area contributed by atoms with Crippen molar-refractivity contribution in [2.24, 2.45) is 5.73 Å². The van der Waals surface area contributed by atoms with E-state index in [1.165, 1.54) is 36.8 Å². The summed E-state index contributed by atoms with van der Waals surface area (Å²) in [6.07, 6.45) is 9.42. The van der Waals surface area contributed by atoms with Crippen LogP contribution in [0.25, 0.3) is 6.08 Å². The highest BCUT2D eigenvalue weighted by molar-refractivity contribution is 5.61. The Morgan fingerprint density at radius 2 is 2.12 bits per heavy atom. The highest BCUT2D eigenvalue weighted by atomic mass is 16.5. The van der Waals surface area contributed by atoms with Crippen LogP contribution >= 0.6 is 0 Å². The molecule has 1 fully saturated rings. The van der Waals surface area contributed by atoms with Gasteiger partial charge in [-0.1, -0.05) is 24.3 Å². The van der Waals surface area contributed by atoms with Gasteiger partial charge in [-0.15, -0.1) is 0 Å². The summed E-state index contributed by atoms with van der Waals surface area (Å²) in [4.78, 5) is 0. The molecule has 2 N–H and O–H groups in total. The fraction of sp³-hybridized carbons (Fsp3) is 0.467. The fourth-order valence-electron chi connectivity index (χ4n) is 2.34. The molecule has 0 aromatic heterocycles. The molecule has 2 heteroatoms. The minimum atomic E-state index is 0.404. The van der Waals surface area contributed by atoms with E-state index < -0.39 is 0 Å². The largest absolute Gasteiger partial charge is 0.490 e. The van der Waals surface area contributed by atoms with Crippen molar-refractivity contribution in [3.05, 3.63) is 35.4 Å². The second-order valence-corrected chi connectivity index (χ2v) is 4.65. The van der Waals surface area contributed by atoms with Crippen molar-refractivity contribution in [1.29, 1.82) is 0 Å². The van der Waals surface area contributed by atoms with Gasteiger partial charge in [-0.3, -0.25) is 0 Å². The van der Waals surface area contributed by atoms with Crippen LogP contribution in [0.3, 0.4) is 0 Å². The lowest BCUT2D eigenvalue weighted by atomic mass is 10.1. The molecule has 1 aliphatic carbocycles. The molecule has 0 amide bonds. The standard InChI is InChI=1S/C15H21NO/c1-12-6-4-10-15(14(12)9-5-11-16)17-13-7-2-3-8-13/h4-6,9-10,13H,2-3,7-8,11,16H2,1H3/b9-5+. The Balaban J connectivity index is 2.19. The second kappa shape index (κ2) is 5.87. The molecule has 1 aromatic carbocycles. The summed E-state index contributed by atoms with van der Waals surface area (Å²) in [6.45, 7) is 2.68. The van der Waals surface area contributed by atoms with Gasteiger partial charge < -0.3 is 10.5 Å². The zero-order valence-electron chi connectivity index (χ0n) is 10.5. The van der Waals surface area contributed by atoms with Crippen molar-refractivity contribution < 1.29 is 4.74 Å². The van der Waals surface area contributed by atoms with Gasteiger partial charge in [0.2, 0.25) is 0 Å². The zero-order chi connectivity index (χ0) is 12.1. The van der Waals surface area contributed by atoms with E-state index in [2.05, 4.69) is 31.2 Å². The van der Waals surface area contributed by atoms with Gasteiger partial charge >= 0.3 is 0 Å². The van der Waals surface area contributed by atoms with Crippen molar-refractivity contribution in [2.75, 3.05) is 6.54 Å². The van der Waals surface area contributed by atoms with Gasteiger partial charge in [0.05, 0.1) is 6.10 Å². The Kier molecular flexibility index (Phi) is 4.21. The van der Waals surface area contributed by atoms with E-state index in [9.17, 15) is 0 Å². The molecule has 0 bridgehead atoms. The molecule has 0 spiro atoms. The average molecular weight is 231 g/mol. The van der Waals surface area contributed by atoms with E-state index in [0.29, 0.717) is 12.6 Å². The number of rotatable bonds is 4. The van der Waals surface area contributed by atoms with Crippen molar-refractivity contribution in [2.45, 2.75) is 38.7 Å². The SMILES string of the molecule is Cc1cccc(OC2CCCC2)c1/C=C/CN. The lowest BCUT2D eigenvalue weighted by Gasteiger charge is -2.16. The molecule has 2 nitrogen and oxygen atoms in total. The van der Waals surface area contributed by atoms with Crippen LogP contribution in [0.4, 0.5) is 0 Å². The van der Waals surface area contributed by atoms with Gasteiger partial charge in [0, 0.05) is 12.1 Å². The van der Waals surface area contributed by atoms with Gasteiger partial charge in [0.25, 0.3) is 0 Å². The van der Waals surface area contributed by atoms with Crippen LogP contribution in [0.2, 0.25) is 0 Å². The highest BCUT2D eigenvalue weighted by Gasteiger charge is 2.17. The molecule has 1 saturated carbocycles. The average Bonchev–Trinajstić information content (AvgIpc) is 2.81. The Labute approximate surface area is 103 Å². The van der Waals surface area contributed by atoms with E-state index in [4.69, 9.17) is 10.5 Å². The van der Waals surface area contributed by atoms with Gasteiger partial charge in [-0.2, -0.15) is 0 Å². The minimum absolute atomic E-state index is 0.404.